The van der Waals surface area contributed by atoms with Crippen LogP contribution in [0, 0.1) is 6.92 Å². The van der Waals surface area contributed by atoms with Crippen molar-refractivity contribution >= 4 is 37.9 Å². The van der Waals surface area contributed by atoms with Gasteiger partial charge in [-0.1, -0.05) is 42.5 Å². The number of halogens is 3. The van der Waals surface area contributed by atoms with E-state index < -0.39 is 27.3 Å². The fourth-order valence-electron chi connectivity index (χ4n) is 3.18. The minimum absolute atomic E-state index is 0.0651. The number of para-hydroxylation sites is 2. The molecule has 0 N–H and O–H groups in total. The number of hydrogen-bond donors (Lipinski definition) is 0. The number of nitrogens with zero attached hydrogens (tertiary/aromatic N) is 1. The summed E-state index contributed by atoms with van der Waals surface area (Å²) in [5.74, 6) is -1.34. The number of alkyl halides is 3. The number of hydrogen-bond acceptors (Lipinski definition) is 6. The van der Waals surface area contributed by atoms with Crippen LogP contribution in [0.4, 0.5) is 13.2 Å². The van der Waals surface area contributed by atoms with Gasteiger partial charge in [-0.15, -0.1) is 0 Å². The number of benzene rings is 3. The topological polar surface area (TPSA) is 82.6 Å². The number of aryl methyl sites for hydroxylation is 1. The molecule has 4 aromatic rings. The fourth-order valence-corrected chi connectivity index (χ4v) is 3.65. The van der Waals surface area contributed by atoms with Crippen LogP contribution in [0.3, 0.4) is 0 Å². The molecule has 0 atom stereocenters. The average Bonchev–Trinajstić information content (AvgIpc) is 2.73. The van der Waals surface area contributed by atoms with Crippen molar-refractivity contribution in [2.45, 2.75) is 12.4 Å². The van der Waals surface area contributed by atoms with Gasteiger partial charge in [0.15, 0.2) is 5.75 Å². The Balaban J connectivity index is 1.98. The summed E-state index contributed by atoms with van der Waals surface area (Å²) in [6.07, 6.45) is 0. The Kier molecular flexibility index (Phi) is 5.25. The first-order valence-electron chi connectivity index (χ1n) is 9.18. The molecule has 0 bridgehead atoms. The van der Waals surface area contributed by atoms with Crippen LogP contribution in [-0.2, 0) is 10.1 Å². The number of pyridine rings is 1. The molecule has 0 aliphatic rings. The highest BCUT2D eigenvalue weighted by Crippen LogP contribution is 2.36. The van der Waals surface area contributed by atoms with Crippen molar-refractivity contribution < 1.29 is 35.3 Å². The number of aromatic nitrogens is 1. The van der Waals surface area contributed by atoms with Crippen LogP contribution >= 0.6 is 0 Å². The average molecular weight is 461 g/mol. The summed E-state index contributed by atoms with van der Waals surface area (Å²) in [4.78, 5) is 17.6. The minimum Gasteiger partial charge on any atom is -0.423 e. The summed E-state index contributed by atoms with van der Waals surface area (Å²) in [6, 6.07) is 16.8. The Labute approximate surface area is 180 Å². The van der Waals surface area contributed by atoms with E-state index in [2.05, 4.69) is 9.17 Å². The summed E-state index contributed by atoms with van der Waals surface area (Å²) in [5.41, 5.74) is -4.73. The van der Waals surface area contributed by atoms with E-state index in [-0.39, 0.29) is 27.6 Å². The second-order valence-electron chi connectivity index (χ2n) is 6.79. The van der Waals surface area contributed by atoms with Crippen LogP contribution < -0.4 is 8.92 Å². The third-order valence-corrected chi connectivity index (χ3v) is 5.62. The molecular formula is C22H14F3NO5S. The highest BCUT2D eigenvalue weighted by Gasteiger charge is 2.49. The maximum Gasteiger partial charge on any atom is 0.534 e. The van der Waals surface area contributed by atoms with Crippen molar-refractivity contribution in [1.29, 1.82) is 0 Å². The molecule has 164 valence electrons. The van der Waals surface area contributed by atoms with Gasteiger partial charge in [0.05, 0.1) is 22.0 Å². The molecule has 10 heteroatoms. The molecule has 0 aliphatic heterocycles. The van der Waals surface area contributed by atoms with Gasteiger partial charge in [-0.2, -0.15) is 21.6 Å². The van der Waals surface area contributed by atoms with Crippen LogP contribution in [0.5, 0.6) is 11.5 Å². The van der Waals surface area contributed by atoms with Crippen molar-refractivity contribution in [2.24, 2.45) is 0 Å². The summed E-state index contributed by atoms with van der Waals surface area (Å²) in [6.45, 7) is 1.72. The van der Waals surface area contributed by atoms with Gasteiger partial charge >= 0.3 is 21.6 Å². The van der Waals surface area contributed by atoms with E-state index in [0.29, 0.717) is 11.1 Å². The van der Waals surface area contributed by atoms with Crippen LogP contribution in [-0.4, -0.2) is 24.9 Å². The molecule has 0 radical (unpaired) electrons. The number of fused-ring (bicyclic) bond motifs is 2. The van der Waals surface area contributed by atoms with Gasteiger partial charge in [0, 0.05) is 5.39 Å². The second-order valence-corrected chi connectivity index (χ2v) is 8.33. The van der Waals surface area contributed by atoms with Crippen LogP contribution in [0.1, 0.15) is 15.9 Å². The lowest BCUT2D eigenvalue weighted by atomic mass is 10.0. The van der Waals surface area contributed by atoms with E-state index in [4.69, 9.17) is 4.74 Å². The van der Waals surface area contributed by atoms with E-state index in [1.54, 1.807) is 49.4 Å². The molecule has 32 heavy (non-hydrogen) atoms. The van der Waals surface area contributed by atoms with E-state index in [9.17, 15) is 26.4 Å². The van der Waals surface area contributed by atoms with Gasteiger partial charge in [0.2, 0.25) is 0 Å². The molecular weight excluding hydrogens is 447 g/mol. The van der Waals surface area contributed by atoms with Crippen molar-refractivity contribution in [1.82, 2.24) is 4.98 Å². The molecule has 6 nitrogen and oxygen atoms in total. The first-order valence-corrected chi connectivity index (χ1v) is 10.6. The van der Waals surface area contributed by atoms with Gasteiger partial charge in [0.1, 0.15) is 5.75 Å². The third kappa shape index (κ3) is 3.84. The largest absolute Gasteiger partial charge is 0.534 e. The summed E-state index contributed by atoms with van der Waals surface area (Å²) < 4.78 is 72.1. The number of rotatable bonds is 4. The lowest BCUT2D eigenvalue weighted by Gasteiger charge is -2.15. The number of esters is 1. The molecule has 0 fully saturated rings. The van der Waals surface area contributed by atoms with E-state index in [1.165, 1.54) is 18.2 Å². The predicted octanol–water partition coefficient (Wildman–Crippen LogP) is 5.14. The smallest absolute Gasteiger partial charge is 0.423 e. The van der Waals surface area contributed by atoms with E-state index >= 15 is 0 Å². The first kappa shape index (κ1) is 21.6. The van der Waals surface area contributed by atoms with Gasteiger partial charge in [0.25, 0.3) is 0 Å². The Morgan fingerprint density at radius 3 is 2.22 bits per heavy atom. The number of ether oxygens (including phenoxy) is 1. The monoisotopic (exact) mass is 461 g/mol. The van der Waals surface area contributed by atoms with Crippen molar-refractivity contribution in [2.75, 3.05) is 0 Å². The lowest BCUT2D eigenvalue weighted by molar-refractivity contribution is -0.0499. The zero-order chi connectivity index (χ0) is 23.1. The number of carbonyl (C=O) groups is 1. The number of carbonyl (C=O) groups excluding carboxylic acids is 1. The normalized spacial score (nSPS) is 12.1. The van der Waals surface area contributed by atoms with E-state index in [0.717, 1.165) is 6.07 Å². The second kappa shape index (κ2) is 7.79. The van der Waals surface area contributed by atoms with Crippen LogP contribution in [0.25, 0.3) is 21.8 Å². The SMILES string of the molecule is Cc1ccccc1OC(=O)c1c2ccccc2nc2cccc(OS(=O)(=O)C(F)(F)F)c12. The molecule has 0 saturated carbocycles. The van der Waals surface area contributed by atoms with Crippen LogP contribution in [0.2, 0.25) is 0 Å². The molecule has 0 aliphatic carbocycles. The maximum atomic E-state index is 13.2. The summed E-state index contributed by atoms with van der Waals surface area (Å²) in [5, 5.41) is 0.0525. The molecule has 0 amide bonds. The Morgan fingerprint density at radius 1 is 0.875 bits per heavy atom. The quantitative estimate of drug-likeness (QED) is 0.138. The molecule has 0 saturated heterocycles. The zero-order valence-electron chi connectivity index (χ0n) is 16.4. The lowest BCUT2D eigenvalue weighted by Crippen LogP contribution is -2.28. The van der Waals surface area contributed by atoms with Crippen LogP contribution in [0.15, 0.2) is 66.7 Å². The standard InChI is InChI=1S/C22H14F3NO5S/c1-13-7-2-5-11-17(13)30-21(27)19-14-8-3-4-9-15(14)26-16-10-6-12-18(20(16)19)31-32(28,29)22(23,24)25/h2-12H,1H3. The molecule has 1 heterocycles. The highest BCUT2D eigenvalue weighted by molar-refractivity contribution is 7.88. The maximum absolute atomic E-state index is 13.2. The predicted molar refractivity (Wildman–Crippen MR) is 111 cm³/mol. The molecule has 1 aromatic heterocycles. The Hall–Kier alpha value is -3.66. The molecule has 3 aromatic carbocycles. The molecule has 4 rings (SSSR count). The summed E-state index contributed by atoms with van der Waals surface area (Å²) >= 11 is 0. The van der Waals surface area contributed by atoms with Gasteiger partial charge < -0.3 is 8.92 Å². The summed E-state index contributed by atoms with van der Waals surface area (Å²) in [7, 11) is -5.98. The first-order chi connectivity index (χ1) is 15.1. The molecule has 0 spiro atoms. The Bertz CT molecular complexity index is 1470. The van der Waals surface area contributed by atoms with Crippen molar-refractivity contribution in [3.05, 3.63) is 77.9 Å². The minimum atomic E-state index is -5.98. The van der Waals surface area contributed by atoms with E-state index in [1.807, 2.05) is 0 Å². The molecule has 0 unspecified atom stereocenters. The van der Waals surface area contributed by atoms with Crippen molar-refractivity contribution in [3.8, 4) is 11.5 Å². The Morgan fingerprint density at radius 2 is 1.50 bits per heavy atom. The van der Waals surface area contributed by atoms with Gasteiger partial charge in [-0.25, -0.2) is 9.78 Å². The highest BCUT2D eigenvalue weighted by atomic mass is 32.2. The van der Waals surface area contributed by atoms with Crippen molar-refractivity contribution in [3.63, 3.8) is 0 Å². The third-order valence-electron chi connectivity index (χ3n) is 4.65. The zero-order valence-corrected chi connectivity index (χ0v) is 17.2. The fraction of sp³-hybridized carbons (Fsp3) is 0.0909. The van der Waals surface area contributed by atoms with Gasteiger partial charge in [-0.05, 0) is 36.8 Å². The van der Waals surface area contributed by atoms with Gasteiger partial charge in [-0.3, -0.25) is 0 Å².